The van der Waals surface area contributed by atoms with Gasteiger partial charge in [-0.1, -0.05) is 84.4 Å². The van der Waals surface area contributed by atoms with Crippen molar-refractivity contribution in [2.75, 3.05) is 0 Å². The highest BCUT2D eigenvalue weighted by Crippen LogP contribution is 2.40. The Morgan fingerprint density at radius 1 is 0.214 bits per heavy atom. The third kappa shape index (κ3) is 29.4. The Labute approximate surface area is 920 Å². The summed E-state index contributed by atoms with van der Waals surface area (Å²) < 4.78 is 3.17. The van der Waals surface area contributed by atoms with E-state index >= 15 is 0 Å². The van der Waals surface area contributed by atoms with E-state index in [0.29, 0.717) is 38.1 Å². The molecule has 9 aromatic rings. The molecule has 140 heavy (non-hydrogen) atoms. The normalized spacial score (nSPS) is 10.4. The van der Waals surface area contributed by atoms with Crippen LogP contribution >= 0.6 is 11.6 Å². The number of benzene rings is 5. The van der Waals surface area contributed by atoms with Gasteiger partial charge in [-0.2, -0.15) is 0 Å². The number of hydrogen-bond donors (Lipinski definition) is 0. The minimum absolute atomic E-state index is 0.0961. The lowest BCUT2D eigenvalue weighted by Crippen LogP contribution is -3.00. The molecule has 0 N–H and O–H groups in total. The molecule has 0 unspecified atom stereocenters. The predicted octanol–water partition coefficient (Wildman–Crippen LogP) is -25.3. The monoisotopic (exact) mass is 1650 g/mol. The molecule has 4 heterocycles. The Morgan fingerprint density at radius 2 is 0.393 bits per heavy atom. The molecule has 0 aliphatic heterocycles. The lowest BCUT2D eigenvalue weighted by Gasteiger charge is -2.62. The molecule has 0 amide bonds. The zero-order valence-electron chi connectivity index (χ0n) is 78.5. The van der Waals surface area contributed by atoms with E-state index in [2.05, 4.69) is 30.3 Å². The summed E-state index contributed by atoms with van der Waals surface area (Å²) in [5, 5.41) is 1.78. The number of aromatic nitrogens is 4. The van der Waals surface area contributed by atoms with Crippen molar-refractivity contribution in [2.24, 2.45) is 0 Å². The summed E-state index contributed by atoms with van der Waals surface area (Å²) in [7, 11) is 323. The Morgan fingerprint density at radius 3 is 0.600 bits per heavy atom. The second-order valence-electron chi connectivity index (χ2n) is 37.6. The average molecular weight is 1640 g/mol. The van der Waals surface area contributed by atoms with Crippen LogP contribution in [0.25, 0.3) is 77.6 Å². The summed E-state index contributed by atoms with van der Waals surface area (Å²) in [5.74, 6) is 0. The molecule has 0 atom stereocenters. The molecule has 98 heteroatoms. The van der Waals surface area contributed by atoms with E-state index in [9.17, 15) is 9.59 Å². The minimum atomic E-state index is -2.13. The molecule has 505 valence electrons. The van der Waals surface area contributed by atoms with E-state index in [1.165, 1.54) is 0 Å². The molecule has 0 spiro atoms. The van der Waals surface area contributed by atoms with E-state index in [0.717, 1.165) is 51.6 Å². The third-order valence-electron chi connectivity index (χ3n) is 28.4. The highest BCUT2D eigenvalue weighted by atomic mass is 35.5. The second-order valence-corrected chi connectivity index (χ2v) is 38.0. The van der Waals surface area contributed by atoms with Gasteiger partial charge >= 0.3 is 0 Å². The second kappa shape index (κ2) is 55.9. The number of hydrogen-bond acceptors (Lipinski definition) is 4. The van der Waals surface area contributed by atoms with Crippen molar-refractivity contribution in [3.05, 3.63) is 178 Å². The van der Waals surface area contributed by atoms with Crippen molar-refractivity contribution in [3.8, 4) is 44.5 Å². The quantitative estimate of drug-likeness (QED) is 0.0281. The van der Waals surface area contributed by atoms with Crippen molar-refractivity contribution >= 4 is 689 Å². The highest BCUT2D eigenvalue weighted by molar-refractivity contribution is 8.43. The van der Waals surface area contributed by atoms with Crippen LogP contribution in [0, 0.1) is 0 Å². The molecule has 9 rings (SSSR count). The van der Waals surface area contributed by atoms with Crippen LogP contribution in [0.3, 0.4) is 0 Å². The fourth-order valence-corrected chi connectivity index (χ4v) is 23.2. The van der Waals surface area contributed by atoms with Crippen LogP contribution in [-0.2, 0) is 0 Å². The molecule has 4 aromatic heterocycles. The van der Waals surface area contributed by atoms with E-state index in [1.807, 2.05) is 97.1 Å². The Bertz CT molecular complexity index is 4960. The van der Waals surface area contributed by atoms with Crippen LogP contribution in [0.15, 0.2) is 162 Å². The van der Waals surface area contributed by atoms with Crippen LogP contribution in [0.4, 0.5) is 0 Å². The van der Waals surface area contributed by atoms with Gasteiger partial charge in [-0.3, -0.25) is 18.4 Å². The largest absolute Gasteiger partial charge is 0.268 e. The summed E-state index contributed by atoms with van der Waals surface area (Å²) in [6.45, 7) is 0. The maximum Gasteiger partial charge on any atom is 0.265 e. The molecular weight excluding hydrogens is 1610 g/mol. The SMILES string of the molecule is O=c1c2ccccc2nc2cc(-c3ccccc3-c3cc(Cl)cc(-c4ccccc4-c4ccn5c(=O)c6ccccc6nc5c4)c3)ccn12.[B][B]B([B])B(B(B([B])[B])B([B])[B])B(B(B(B([B])[B])B([B])[B])B(B([B])[B])B([B])[B])B(B(B(B(B([B])[B])B([B])[B])B(B([B])[B])B([B])[B])B(B(B([B])[B])B([B])[B])B(B([B])[B])B([B])[B])B(B(B(B([B])[B])B([B])[B])B(B([B])[B])B([B])[B])B(B(B([B])[B])B([B])[B])B(B([B])[B])B([B])[B]. The smallest absolute Gasteiger partial charge is 0.265 e. The van der Waals surface area contributed by atoms with E-state index < -0.39 is 281 Å². The number of pyridine rings is 2. The molecule has 0 bridgehead atoms. The van der Waals surface area contributed by atoms with E-state index in [4.69, 9.17) is 377 Å². The summed E-state index contributed by atoms with van der Waals surface area (Å²) in [5.41, 5.74) is 10.1. The van der Waals surface area contributed by atoms with Crippen molar-refractivity contribution in [2.45, 2.75) is 0 Å². The molecular formula is C42H25B91ClN4O2. The maximum atomic E-state index is 13.2. The molecule has 0 fully saturated rings. The summed E-state index contributed by atoms with van der Waals surface area (Å²) in [6, 6.07) is 45.1. The number of nitrogens with zero attached hydrogens (tertiary/aromatic N) is 4. The summed E-state index contributed by atoms with van der Waals surface area (Å²) in [6.07, 6.45) is -75.2. The van der Waals surface area contributed by atoms with Gasteiger partial charge in [0.25, 0.3) is 11.1 Å². The molecule has 0 aliphatic carbocycles. The standard InChI is InChI=1S/C42H25ClN4O2.B91/c43-30-22-28(33-11-3-1-9-31(33)26-17-19-46-39(24-26)44-37-15-7-5-13-35(37)41(46)48)21-29(23-30)34-12-4-2-10-32(34)27-18-20-47-40(25-27)45-38-16-8-6-14-36(38)42(47)49;1-47-70(46)82(71(48(2)3)49(4)5)88(83(72(50(6)7)51(8)9)73(52(10)11)53(12)13)91(89(84(74(54(14)15)55(16)17)75(56(18)19)57(20)21)85(76(58(22)23)59(24)25)77(60(26)27)61(28)29)90(86(78(62(30)31)63(32)33)79(64(34)35)65(36)37)87(80(66(38)39)67(40)41)81(68(42)43)69(44)45/h1-25H;. The zero-order chi connectivity index (χ0) is 105. The van der Waals surface area contributed by atoms with Gasteiger partial charge in [0.05, 0.1) is 21.8 Å². The van der Waals surface area contributed by atoms with Crippen molar-refractivity contribution in [1.29, 1.82) is 0 Å². The number of fused-ring (bicyclic) bond motifs is 4. The molecule has 0 aliphatic rings. The molecule has 6 nitrogen and oxygen atoms in total. The lowest BCUT2D eigenvalue weighted by molar-refractivity contribution is 1.08. The maximum absolute atomic E-state index is 13.2. The van der Waals surface area contributed by atoms with E-state index in [1.54, 1.807) is 33.3 Å². The van der Waals surface area contributed by atoms with Gasteiger partial charge < -0.3 is 0 Å². The first-order chi connectivity index (χ1) is 65.4. The fraction of sp³-hybridized carbons (Fsp3) is 0. The van der Waals surface area contributed by atoms with Gasteiger partial charge in [-0.05, 0) is 111 Å². The summed E-state index contributed by atoms with van der Waals surface area (Å²) in [4.78, 5) is 36.0. The van der Waals surface area contributed by atoms with Crippen LogP contribution < -0.4 is 11.1 Å². The first-order valence-electron chi connectivity index (χ1n) is 45.8. The van der Waals surface area contributed by atoms with Crippen LogP contribution in [0.2, 0.25) is 5.02 Å². The van der Waals surface area contributed by atoms with E-state index in [-0.39, 0.29) is 11.1 Å². The van der Waals surface area contributed by atoms with Crippen molar-refractivity contribution in [3.63, 3.8) is 0 Å². The van der Waals surface area contributed by atoms with Gasteiger partial charge in [-0.15, -0.1) is 0 Å². The number of rotatable bonds is 48. The van der Waals surface area contributed by atoms with Crippen LogP contribution in [0.5, 0.6) is 0 Å². The summed E-state index contributed by atoms with van der Waals surface area (Å²) >= 11 is 6.85. The first kappa shape index (κ1) is 125. The minimum Gasteiger partial charge on any atom is -0.268 e. The average Bonchev–Trinajstić information content (AvgIpc) is 0.708. The number of para-hydroxylation sites is 2. The topological polar surface area (TPSA) is 68.7 Å². The van der Waals surface area contributed by atoms with Crippen molar-refractivity contribution in [1.82, 2.24) is 18.8 Å². The van der Waals surface area contributed by atoms with Gasteiger partial charge in [0.2, 0.25) is 0 Å². The van der Waals surface area contributed by atoms with Gasteiger partial charge in [0.15, 0.2) is 0 Å². The van der Waals surface area contributed by atoms with Gasteiger partial charge in [-0.25, -0.2) is 9.97 Å². The fourth-order valence-electron chi connectivity index (χ4n) is 23.0. The third-order valence-corrected chi connectivity index (χ3v) is 28.6. The Balaban J connectivity index is 0.000000402. The van der Waals surface area contributed by atoms with Crippen LogP contribution in [0.1, 0.15) is 0 Å². The van der Waals surface area contributed by atoms with Gasteiger partial charge in [0.1, 0.15) is 11.3 Å². The lowest BCUT2D eigenvalue weighted by atomic mass is 8.19. The Kier molecular flexibility index (Phi) is 49.8. The molecule has 0 saturated carbocycles. The number of halogens is 1. The first-order valence-corrected chi connectivity index (χ1v) is 46.2. The van der Waals surface area contributed by atoms with Crippen molar-refractivity contribution < 1.29 is 0 Å². The molecule has 5 aromatic carbocycles. The zero-order valence-corrected chi connectivity index (χ0v) is 79.2. The predicted molar refractivity (Wildman–Crippen MR) is 722 cm³/mol. The molecule has 0 saturated heterocycles. The van der Waals surface area contributed by atoms with Gasteiger partial charge in [0, 0.05) is 661 Å². The highest BCUT2D eigenvalue weighted by Gasteiger charge is 2.68. The Hall–Kier alpha value is -0.461. The molecule has 93 radical (unpaired) electrons. The van der Waals surface area contributed by atoms with Crippen LogP contribution in [-0.4, -0.2) is 663 Å².